The first-order valence-corrected chi connectivity index (χ1v) is 6.10. The van der Waals surface area contributed by atoms with Gasteiger partial charge in [-0.3, -0.25) is 4.90 Å². The lowest BCUT2D eigenvalue weighted by Gasteiger charge is -2.17. The van der Waals surface area contributed by atoms with Crippen LogP contribution in [0.3, 0.4) is 0 Å². The fraction of sp³-hybridized carbons (Fsp3) is 0.538. The van der Waals surface area contributed by atoms with E-state index in [1.165, 1.54) is 5.56 Å². The fourth-order valence-electron chi connectivity index (χ4n) is 2.42. The van der Waals surface area contributed by atoms with Gasteiger partial charge in [0, 0.05) is 24.0 Å². The lowest BCUT2D eigenvalue weighted by atomic mass is 10.0. The smallest absolute Gasteiger partial charge is 0.0386 e. The highest BCUT2D eigenvalue weighted by Gasteiger charge is 2.26. The second kappa shape index (κ2) is 5.71. The molecule has 2 atom stereocenters. The molecule has 1 aromatic carbocycles. The van der Waals surface area contributed by atoms with Crippen LogP contribution in [0.1, 0.15) is 18.9 Å². The van der Waals surface area contributed by atoms with E-state index in [4.69, 9.17) is 5.53 Å². The maximum absolute atomic E-state index is 8.44. The quantitative estimate of drug-likeness (QED) is 0.445. The third kappa shape index (κ3) is 3.22. The van der Waals surface area contributed by atoms with Crippen LogP contribution in [0.25, 0.3) is 10.4 Å². The molecule has 1 saturated heterocycles. The van der Waals surface area contributed by atoms with Gasteiger partial charge in [0.15, 0.2) is 0 Å². The molecule has 17 heavy (non-hydrogen) atoms. The first-order chi connectivity index (χ1) is 8.29. The number of hydrogen-bond donors (Lipinski definition) is 0. The standard InChI is InChI=1S/C13H18N4/c1-11(15-16-14)13-7-8-17(10-13)9-12-5-3-2-4-6-12/h2-6,11,13H,7-10H2,1H3/t11-,13+/m0/s1. The summed E-state index contributed by atoms with van der Waals surface area (Å²) in [6, 6.07) is 10.6. The molecule has 1 aromatic rings. The van der Waals surface area contributed by atoms with Crippen LogP contribution in [-0.4, -0.2) is 24.0 Å². The van der Waals surface area contributed by atoms with Gasteiger partial charge in [-0.05, 0) is 30.0 Å². The summed E-state index contributed by atoms with van der Waals surface area (Å²) >= 11 is 0. The average Bonchev–Trinajstić information content (AvgIpc) is 2.79. The summed E-state index contributed by atoms with van der Waals surface area (Å²) in [6.07, 6.45) is 1.13. The second-order valence-electron chi connectivity index (χ2n) is 4.71. The highest BCUT2D eigenvalue weighted by Crippen LogP contribution is 2.23. The maximum atomic E-state index is 8.44. The molecule has 1 aliphatic heterocycles. The minimum Gasteiger partial charge on any atom is -0.299 e. The summed E-state index contributed by atoms with van der Waals surface area (Å²) in [6.45, 7) is 5.15. The van der Waals surface area contributed by atoms with E-state index in [1.807, 2.05) is 13.0 Å². The van der Waals surface area contributed by atoms with Crippen molar-refractivity contribution in [1.82, 2.24) is 4.90 Å². The largest absolute Gasteiger partial charge is 0.299 e. The van der Waals surface area contributed by atoms with Crippen molar-refractivity contribution in [3.63, 3.8) is 0 Å². The lowest BCUT2D eigenvalue weighted by Crippen LogP contribution is -2.23. The van der Waals surface area contributed by atoms with E-state index in [-0.39, 0.29) is 6.04 Å². The third-order valence-electron chi connectivity index (χ3n) is 3.47. The molecule has 0 unspecified atom stereocenters. The summed E-state index contributed by atoms with van der Waals surface area (Å²) < 4.78 is 0. The minimum absolute atomic E-state index is 0.112. The first-order valence-electron chi connectivity index (χ1n) is 6.10. The van der Waals surface area contributed by atoms with Crippen LogP contribution >= 0.6 is 0 Å². The normalized spacial score (nSPS) is 22.1. The Morgan fingerprint density at radius 3 is 2.94 bits per heavy atom. The maximum Gasteiger partial charge on any atom is 0.0386 e. The van der Waals surface area contributed by atoms with Gasteiger partial charge in [-0.1, -0.05) is 42.4 Å². The first kappa shape index (κ1) is 12.0. The Hall–Kier alpha value is -1.51. The molecule has 4 heteroatoms. The summed E-state index contributed by atoms with van der Waals surface area (Å²) in [5, 5.41) is 3.80. The molecule has 1 fully saturated rings. The van der Waals surface area contributed by atoms with Gasteiger partial charge in [-0.2, -0.15) is 0 Å². The van der Waals surface area contributed by atoms with Gasteiger partial charge in [0.05, 0.1) is 0 Å². The zero-order chi connectivity index (χ0) is 12.1. The Balaban J connectivity index is 1.88. The third-order valence-corrected chi connectivity index (χ3v) is 3.47. The van der Waals surface area contributed by atoms with Crippen molar-refractivity contribution in [2.45, 2.75) is 25.9 Å². The predicted molar refractivity (Wildman–Crippen MR) is 68.4 cm³/mol. The highest BCUT2D eigenvalue weighted by molar-refractivity contribution is 5.14. The number of likely N-dealkylation sites (tertiary alicyclic amines) is 1. The van der Waals surface area contributed by atoms with Crippen LogP contribution in [0.15, 0.2) is 35.4 Å². The van der Waals surface area contributed by atoms with Crippen molar-refractivity contribution < 1.29 is 0 Å². The Bertz CT molecular complexity index is 397. The molecule has 0 bridgehead atoms. The summed E-state index contributed by atoms with van der Waals surface area (Å²) in [5.41, 5.74) is 9.79. The van der Waals surface area contributed by atoms with Crippen molar-refractivity contribution in [2.24, 2.45) is 11.0 Å². The van der Waals surface area contributed by atoms with Gasteiger partial charge in [-0.25, -0.2) is 0 Å². The predicted octanol–water partition coefficient (Wildman–Crippen LogP) is 3.21. The van der Waals surface area contributed by atoms with Gasteiger partial charge in [-0.15, -0.1) is 0 Å². The SMILES string of the molecule is C[C@H](N=[N+]=[N-])[C@@H]1CCN(Cc2ccccc2)C1. The van der Waals surface area contributed by atoms with E-state index in [0.717, 1.165) is 26.1 Å². The van der Waals surface area contributed by atoms with E-state index in [0.29, 0.717) is 5.92 Å². The van der Waals surface area contributed by atoms with Gasteiger partial charge in [0.1, 0.15) is 0 Å². The number of benzene rings is 1. The molecule has 0 radical (unpaired) electrons. The fourth-order valence-corrected chi connectivity index (χ4v) is 2.42. The lowest BCUT2D eigenvalue weighted by molar-refractivity contribution is 0.308. The van der Waals surface area contributed by atoms with Gasteiger partial charge < -0.3 is 0 Å². The Labute approximate surface area is 102 Å². The van der Waals surface area contributed by atoms with E-state index in [9.17, 15) is 0 Å². The van der Waals surface area contributed by atoms with Crippen molar-refractivity contribution in [3.05, 3.63) is 46.3 Å². The molecule has 0 amide bonds. The Kier molecular flexibility index (Phi) is 4.02. The summed E-state index contributed by atoms with van der Waals surface area (Å²) in [7, 11) is 0. The minimum atomic E-state index is 0.112. The van der Waals surface area contributed by atoms with E-state index in [1.54, 1.807) is 0 Å². The van der Waals surface area contributed by atoms with Crippen LogP contribution in [0.5, 0.6) is 0 Å². The number of hydrogen-bond acceptors (Lipinski definition) is 2. The van der Waals surface area contributed by atoms with E-state index >= 15 is 0 Å². The molecule has 90 valence electrons. The number of rotatable bonds is 4. The zero-order valence-electron chi connectivity index (χ0n) is 10.2. The van der Waals surface area contributed by atoms with Crippen LogP contribution in [0.2, 0.25) is 0 Å². The number of nitrogens with zero attached hydrogens (tertiary/aromatic N) is 4. The van der Waals surface area contributed by atoms with Crippen molar-refractivity contribution in [3.8, 4) is 0 Å². The van der Waals surface area contributed by atoms with Gasteiger partial charge in [0.25, 0.3) is 0 Å². The molecule has 0 saturated carbocycles. The van der Waals surface area contributed by atoms with Crippen LogP contribution < -0.4 is 0 Å². The summed E-state index contributed by atoms with van der Waals surface area (Å²) in [4.78, 5) is 5.33. The molecular formula is C13H18N4. The Morgan fingerprint density at radius 2 is 2.24 bits per heavy atom. The molecule has 1 heterocycles. The second-order valence-corrected chi connectivity index (χ2v) is 4.71. The Morgan fingerprint density at radius 1 is 1.47 bits per heavy atom. The van der Waals surface area contributed by atoms with Crippen molar-refractivity contribution in [1.29, 1.82) is 0 Å². The van der Waals surface area contributed by atoms with Crippen molar-refractivity contribution >= 4 is 0 Å². The molecule has 0 aromatic heterocycles. The molecule has 2 rings (SSSR count). The summed E-state index contributed by atoms with van der Waals surface area (Å²) in [5.74, 6) is 0.509. The molecular weight excluding hydrogens is 212 g/mol. The van der Waals surface area contributed by atoms with Gasteiger partial charge in [0.2, 0.25) is 0 Å². The van der Waals surface area contributed by atoms with Crippen molar-refractivity contribution in [2.75, 3.05) is 13.1 Å². The van der Waals surface area contributed by atoms with Gasteiger partial charge >= 0.3 is 0 Å². The highest BCUT2D eigenvalue weighted by atomic mass is 15.2. The number of azide groups is 1. The van der Waals surface area contributed by atoms with Crippen LogP contribution in [0.4, 0.5) is 0 Å². The molecule has 4 nitrogen and oxygen atoms in total. The molecule has 1 aliphatic rings. The molecule has 0 spiro atoms. The van der Waals surface area contributed by atoms with E-state index < -0.39 is 0 Å². The zero-order valence-corrected chi connectivity index (χ0v) is 10.2. The topological polar surface area (TPSA) is 52.0 Å². The van der Waals surface area contributed by atoms with Crippen LogP contribution in [0, 0.1) is 5.92 Å². The molecule has 0 aliphatic carbocycles. The monoisotopic (exact) mass is 230 g/mol. The van der Waals surface area contributed by atoms with Crippen LogP contribution in [-0.2, 0) is 6.54 Å². The van der Waals surface area contributed by atoms with E-state index in [2.05, 4.69) is 39.2 Å². The molecule has 0 N–H and O–H groups in total. The average molecular weight is 230 g/mol.